The SMILES string of the molecule is CC(C)C[C@@H](C)N(C)C(=O)c1cn(CC(=O)N(C)C)nn1. The van der Waals surface area contributed by atoms with E-state index in [2.05, 4.69) is 24.2 Å². The zero-order valence-electron chi connectivity index (χ0n) is 13.7. The Morgan fingerprint density at radius 2 is 1.86 bits per heavy atom. The Balaban J connectivity index is 2.71. The summed E-state index contributed by atoms with van der Waals surface area (Å²) in [5.74, 6) is 0.246. The largest absolute Gasteiger partial charge is 0.347 e. The molecule has 7 nitrogen and oxygen atoms in total. The fourth-order valence-electron chi connectivity index (χ4n) is 1.97. The van der Waals surface area contributed by atoms with E-state index in [0.717, 1.165) is 6.42 Å². The van der Waals surface area contributed by atoms with Gasteiger partial charge >= 0.3 is 0 Å². The Labute approximate surface area is 125 Å². The minimum atomic E-state index is -0.174. The Kier molecular flexibility index (Phi) is 5.87. The average molecular weight is 295 g/mol. The number of likely N-dealkylation sites (N-methyl/N-ethyl adjacent to an activating group) is 1. The standard InChI is InChI=1S/C14H25N5O2/c1-10(2)7-11(3)18(6)14(21)12-8-19(16-15-12)9-13(20)17(4)5/h8,10-11H,7,9H2,1-6H3/t11-/m1/s1. The van der Waals surface area contributed by atoms with E-state index >= 15 is 0 Å². The number of rotatable bonds is 6. The first-order chi connectivity index (χ1) is 9.72. The van der Waals surface area contributed by atoms with Crippen LogP contribution in [0.15, 0.2) is 6.20 Å². The summed E-state index contributed by atoms with van der Waals surface area (Å²) in [5.41, 5.74) is 0.264. The van der Waals surface area contributed by atoms with Crippen molar-refractivity contribution in [3.63, 3.8) is 0 Å². The maximum Gasteiger partial charge on any atom is 0.276 e. The van der Waals surface area contributed by atoms with Gasteiger partial charge in [-0.15, -0.1) is 5.10 Å². The number of carbonyl (C=O) groups excluding carboxylic acids is 2. The van der Waals surface area contributed by atoms with E-state index < -0.39 is 0 Å². The van der Waals surface area contributed by atoms with Crippen LogP contribution in [0.2, 0.25) is 0 Å². The van der Waals surface area contributed by atoms with Gasteiger partial charge in [-0.25, -0.2) is 4.68 Å². The Morgan fingerprint density at radius 3 is 2.38 bits per heavy atom. The van der Waals surface area contributed by atoms with E-state index in [-0.39, 0.29) is 30.1 Å². The smallest absolute Gasteiger partial charge is 0.276 e. The Morgan fingerprint density at radius 1 is 1.24 bits per heavy atom. The van der Waals surface area contributed by atoms with Crippen LogP contribution in [0.1, 0.15) is 37.7 Å². The Bertz CT molecular complexity index is 495. The maximum atomic E-state index is 12.3. The van der Waals surface area contributed by atoms with Crippen molar-refractivity contribution in [3.8, 4) is 0 Å². The molecule has 0 N–H and O–H groups in total. The summed E-state index contributed by atoms with van der Waals surface area (Å²) in [7, 11) is 5.11. The number of amides is 2. The van der Waals surface area contributed by atoms with E-state index in [1.54, 1.807) is 26.0 Å². The van der Waals surface area contributed by atoms with E-state index in [9.17, 15) is 9.59 Å². The van der Waals surface area contributed by atoms with Crippen LogP contribution in [-0.4, -0.2) is 63.8 Å². The van der Waals surface area contributed by atoms with Crippen LogP contribution >= 0.6 is 0 Å². The molecule has 0 saturated heterocycles. The molecule has 7 heteroatoms. The molecule has 0 unspecified atom stereocenters. The van der Waals surface area contributed by atoms with Gasteiger partial charge in [0.15, 0.2) is 5.69 Å². The van der Waals surface area contributed by atoms with Crippen LogP contribution in [0.3, 0.4) is 0 Å². The van der Waals surface area contributed by atoms with Crippen molar-refractivity contribution < 1.29 is 9.59 Å². The average Bonchev–Trinajstić information content (AvgIpc) is 2.84. The van der Waals surface area contributed by atoms with Crippen molar-refractivity contribution in [2.75, 3.05) is 21.1 Å². The first-order valence-corrected chi connectivity index (χ1v) is 7.09. The van der Waals surface area contributed by atoms with Gasteiger partial charge in [0.2, 0.25) is 5.91 Å². The zero-order valence-corrected chi connectivity index (χ0v) is 13.7. The number of hydrogen-bond donors (Lipinski definition) is 0. The minimum absolute atomic E-state index is 0.0819. The summed E-state index contributed by atoms with van der Waals surface area (Å²) < 4.78 is 1.39. The van der Waals surface area contributed by atoms with E-state index in [1.807, 2.05) is 6.92 Å². The molecule has 1 rings (SSSR count). The fourth-order valence-corrected chi connectivity index (χ4v) is 1.97. The molecular weight excluding hydrogens is 270 g/mol. The molecule has 0 aliphatic carbocycles. The molecule has 0 fully saturated rings. The lowest BCUT2D eigenvalue weighted by atomic mass is 10.0. The normalized spacial score (nSPS) is 12.3. The Hall–Kier alpha value is -1.92. The first-order valence-electron chi connectivity index (χ1n) is 7.09. The van der Waals surface area contributed by atoms with Gasteiger partial charge in [-0.1, -0.05) is 19.1 Å². The van der Waals surface area contributed by atoms with E-state index in [1.165, 1.54) is 15.8 Å². The molecule has 1 heterocycles. The molecular formula is C14H25N5O2. The first kappa shape index (κ1) is 17.1. The summed E-state index contributed by atoms with van der Waals surface area (Å²) in [6.45, 7) is 6.34. The van der Waals surface area contributed by atoms with Crippen LogP contribution < -0.4 is 0 Å². The third-order valence-corrected chi connectivity index (χ3v) is 3.35. The number of hydrogen-bond acceptors (Lipinski definition) is 4. The van der Waals surface area contributed by atoms with Gasteiger partial charge in [-0.05, 0) is 19.3 Å². The summed E-state index contributed by atoms with van der Waals surface area (Å²) in [5, 5.41) is 7.70. The zero-order chi connectivity index (χ0) is 16.2. The van der Waals surface area contributed by atoms with Crippen LogP contribution in [-0.2, 0) is 11.3 Å². The third-order valence-electron chi connectivity index (χ3n) is 3.35. The highest BCUT2D eigenvalue weighted by molar-refractivity contribution is 5.92. The molecule has 0 bridgehead atoms. The molecule has 0 radical (unpaired) electrons. The molecule has 0 aliphatic heterocycles. The monoisotopic (exact) mass is 295 g/mol. The van der Waals surface area contributed by atoms with Crippen molar-refractivity contribution in [2.45, 2.75) is 39.8 Å². The van der Waals surface area contributed by atoms with Crippen LogP contribution in [0.25, 0.3) is 0 Å². The molecule has 0 spiro atoms. The van der Waals surface area contributed by atoms with Gasteiger partial charge in [-0.2, -0.15) is 0 Å². The van der Waals surface area contributed by atoms with Crippen molar-refractivity contribution in [3.05, 3.63) is 11.9 Å². The second-order valence-corrected chi connectivity index (χ2v) is 5.98. The summed E-state index contributed by atoms with van der Waals surface area (Å²) >= 11 is 0. The number of carbonyl (C=O) groups is 2. The van der Waals surface area contributed by atoms with Crippen molar-refractivity contribution in [2.24, 2.45) is 5.92 Å². The molecule has 1 atom stereocenters. The van der Waals surface area contributed by atoms with Gasteiger partial charge in [0.1, 0.15) is 6.54 Å². The van der Waals surface area contributed by atoms with Gasteiger partial charge in [-0.3, -0.25) is 9.59 Å². The van der Waals surface area contributed by atoms with Crippen LogP contribution in [0.5, 0.6) is 0 Å². The van der Waals surface area contributed by atoms with Crippen molar-refractivity contribution >= 4 is 11.8 Å². The van der Waals surface area contributed by atoms with Crippen LogP contribution in [0.4, 0.5) is 0 Å². The summed E-state index contributed by atoms with van der Waals surface area (Å²) in [4.78, 5) is 27.1. The van der Waals surface area contributed by atoms with Gasteiger partial charge in [0, 0.05) is 27.2 Å². The van der Waals surface area contributed by atoms with Crippen molar-refractivity contribution in [1.29, 1.82) is 0 Å². The predicted molar refractivity (Wildman–Crippen MR) is 79.7 cm³/mol. The van der Waals surface area contributed by atoms with Crippen molar-refractivity contribution in [1.82, 2.24) is 24.8 Å². The predicted octanol–water partition coefficient (Wildman–Crippen LogP) is 0.873. The molecule has 2 amide bonds. The van der Waals surface area contributed by atoms with E-state index in [4.69, 9.17) is 0 Å². The fraction of sp³-hybridized carbons (Fsp3) is 0.714. The minimum Gasteiger partial charge on any atom is -0.347 e. The van der Waals surface area contributed by atoms with Gasteiger partial charge < -0.3 is 9.80 Å². The van der Waals surface area contributed by atoms with Gasteiger partial charge in [0.05, 0.1) is 6.20 Å². The summed E-state index contributed by atoms with van der Waals surface area (Å²) in [6.07, 6.45) is 2.44. The molecule has 21 heavy (non-hydrogen) atoms. The maximum absolute atomic E-state index is 12.3. The lowest BCUT2D eigenvalue weighted by molar-refractivity contribution is -0.129. The molecule has 0 saturated carbocycles. The number of nitrogens with zero attached hydrogens (tertiary/aromatic N) is 5. The molecule has 118 valence electrons. The lowest BCUT2D eigenvalue weighted by Crippen LogP contribution is -2.36. The topological polar surface area (TPSA) is 71.3 Å². The molecule has 0 aliphatic rings. The third kappa shape index (κ3) is 4.84. The van der Waals surface area contributed by atoms with Gasteiger partial charge in [0.25, 0.3) is 5.91 Å². The second kappa shape index (κ2) is 7.19. The second-order valence-electron chi connectivity index (χ2n) is 5.98. The quantitative estimate of drug-likeness (QED) is 0.781. The number of aromatic nitrogens is 3. The molecule has 1 aromatic rings. The van der Waals surface area contributed by atoms with Crippen LogP contribution in [0, 0.1) is 5.92 Å². The highest BCUT2D eigenvalue weighted by Crippen LogP contribution is 2.12. The molecule has 1 aromatic heterocycles. The highest BCUT2D eigenvalue weighted by atomic mass is 16.2. The molecule has 0 aromatic carbocycles. The summed E-state index contributed by atoms with van der Waals surface area (Å²) in [6, 6.07) is 0.131. The highest BCUT2D eigenvalue weighted by Gasteiger charge is 2.21. The van der Waals surface area contributed by atoms with E-state index in [0.29, 0.717) is 5.92 Å². The lowest BCUT2D eigenvalue weighted by Gasteiger charge is -2.25.